The highest BCUT2D eigenvalue weighted by molar-refractivity contribution is 7.22. The van der Waals surface area contributed by atoms with Crippen molar-refractivity contribution in [3.05, 3.63) is 22.7 Å². The topological polar surface area (TPSA) is 36.4 Å². The number of benzene rings is 1. The predicted octanol–water partition coefficient (Wildman–Crippen LogP) is 3.98. The van der Waals surface area contributed by atoms with Crippen LogP contribution >= 0.6 is 35.3 Å². The summed E-state index contributed by atoms with van der Waals surface area (Å²) in [6.07, 6.45) is 2.01. The van der Waals surface area contributed by atoms with Gasteiger partial charge < -0.3 is 4.90 Å². The van der Waals surface area contributed by atoms with Gasteiger partial charge in [-0.3, -0.25) is 9.69 Å². The van der Waals surface area contributed by atoms with Gasteiger partial charge >= 0.3 is 0 Å². The maximum Gasteiger partial charge on any atom is 0.231 e. The highest BCUT2D eigenvalue weighted by atomic mass is 35.5. The van der Waals surface area contributed by atoms with E-state index < -0.39 is 0 Å². The molecule has 0 unspecified atom stereocenters. The second-order valence-corrected chi connectivity index (χ2v) is 7.58. The molecule has 1 amide bonds. The molecule has 1 aromatic carbocycles. The summed E-state index contributed by atoms with van der Waals surface area (Å²) in [6, 6.07) is 3.84. The lowest BCUT2D eigenvalue weighted by atomic mass is 10.2. The van der Waals surface area contributed by atoms with Crippen LogP contribution in [0.1, 0.15) is 18.4 Å². The van der Waals surface area contributed by atoms with Crippen LogP contribution in [0.25, 0.3) is 10.2 Å². The minimum atomic E-state index is 0. The monoisotopic (exact) mass is 373 g/mol. The Labute approximate surface area is 151 Å². The molecule has 0 aliphatic heterocycles. The van der Waals surface area contributed by atoms with Crippen LogP contribution in [0.5, 0.6) is 0 Å². The zero-order valence-corrected chi connectivity index (χ0v) is 15.9. The quantitative estimate of drug-likeness (QED) is 0.794. The van der Waals surface area contributed by atoms with E-state index in [1.165, 1.54) is 0 Å². The number of fused-ring (bicyclic) bond motifs is 1. The Balaban J connectivity index is 0.00000192. The Morgan fingerprint density at radius 2 is 2.04 bits per heavy atom. The van der Waals surface area contributed by atoms with Crippen molar-refractivity contribution >= 4 is 56.6 Å². The molecule has 23 heavy (non-hydrogen) atoms. The SMILES string of the molecule is Cc1cc(Cl)cc2sc(N(CCN(C)C)C(=O)C3CC3)nc12.Cl. The minimum Gasteiger partial charge on any atom is -0.308 e. The van der Waals surface area contributed by atoms with E-state index in [-0.39, 0.29) is 24.2 Å². The van der Waals surface area contributed by atoms with Crippen molar-refractivity contribution in [2.45, 2.75) is 19.8 Å². The smallest absolute Gasteiger partial charge is 0.231 e. The van der Waals surface area contributed by atoms with E-state index in [0.29, 0.717) is 11.6 Å². The summed E-state index contributed by atoms with van der Waals surface area (Å²) >= 11 is 7.68. The van der Waals surface area contributed by atoms with Gasteiger partial charge in [0.2, 0.25) is 5.91 Å². The van der Waals surface area contributed by atoms with Crippen LogP contribution in [0.2, 0.25) is 5.02 Å². The fourth-order valence-corrected chi connectivity index (χ4v) is 3.86. The number of carbonyl (C=O) groups excluding carboxylic acids is 1. The van der Waals surface area contributed by atoms with E-state index in [4.69, 9.17) is 16.6 Å². The first-order chi connectivity index (χ1) is 10.5. The van der Waals surface area contributed by atoms with E-state index in [0.717, 1.165) is 40.3 Å². The van der Waals surface area contributed by atoms with Gasteiger partial charge in [0.05, 0.1) is 10.2 Å². The van der Waals surface area contributed by atoms with E-state index in [9.17, 15) is 4.79 Å². The molecule has 0 bridgehead atoms. The molecule has 0 saturated heterocycles. The first kappa shape index (κ1) is 18.5. The molecule has 1 fully saturated rings. The number of carbonyl (C=O) groups is 1. The molecule has 1 aromatic heterocycles. The Hall–Kier alpha value is -0.880. The van der Waals surface area contributed by atoms with E-state index in [2.05, 4.69) is 4.90 Å². The summed E-state index contributed by atoms with van der Waals surface area (Å²) in [7, 11) is 4.03. The highest BCUT2D eigenvalue weighted by Gasteiger charge is 2.35. The molecule has 7 heteroatoms. The largest absolute Gasteiger partial charge is 0.308 e. The third-order valence-corrected chi connectivity index (χ3v) is 5.08. The van der Waals surface area contributed by atoms with E-state index >= 15 is 0 Å². The molecule has 3 rings (SSSR count). The molecule has 1 aliphatic carbocycles. The van der Waals surface area contributed by atoms with Gasteiger partial charge in [-0.05, 0) is 51.6 Å². The van der Waals surface area contributed by atoms with Crippen molar-refractivity contribution in [2.24, 2.45) is 5.92 Å². The summed E-state index contributed by atoms with van der Waals surface area (Å²) in [6.45, 7) is 3.51. The molecule has 0 atom stereocenters. The Morgan fingerprint density at radius 1 is 1.35 bits per heavy atom. The van der Waals surface area contributed by atoms with Gasteiger partial charge in [-0.25, -0.2) is 4.98 Å². The van der Waals surface area contributed by atoms with Gasteiger partial charge in [0.1, 0.15) is 0 Å². The van der Waals surface area contributed by atoms with Gasteiger partial charge in [-0.15, -0.1) is 12.4 Å². The summed E-state index contributed by atoms with van der Waals surface area (Å²) < 4.78 is 1.04. The summed E-state index contributed by atoms with van der Waals surface area (Å²) in [5.74, 6) is 0.406. The summed E-state index contributed by atoms with van der Waals surface area (Å²) in [5.41, 5.74) is 2.00. The third-order valence-electron chi connectivity index (χ3n) is 3.83. The third kappa shape index (κ3) is 4.15. The number of aryl methyl sites for hydroxylation is 1. The second kappa shape index (κ2) is 7.34. The summed E-state index contributed by atoms with van der Waals surface area (Å²) in [5, 5.41) is 1.51. The van der Waals surface area contributed by atoms with Gasteiger partial charge in [0, 0.05) is 24.0 Å². The number of anilines is 1. The molecule has 0 radical (unpaired) electrons. The zero-order chi connectivity index (χ0) is 15.9. The van der Waals surface area contributed by atoms with E-state index in [1.54, 1.807) is 11.3 Å². The number of halogens is 2. The maximum absolute atomic E-state index is 12.6. The van der Waals surface area contributed by atoms with Crippen molar-refractivity contribution in [3.8, 4) is 0 Å². The Kier molecular flexibility index (Phi) is 5.89. The average Bonchev–Trinajstić information content (AvgIpc) is 3.19. The molecule has 4 nitrogen and oxygen atoms in total. The fraction of sp³-hybridized carbons (Fsp3) is 0.500. The van der Waals surface area contributed by atoms with Crippen molar-refractivity contribution in [3.63, 3.8) is 0 Å². The molecular weight excluding hydrogens is 353 g/mol. The van der Waals surface area contributed by atoms with Crippen molar-refractivity contribution < 1.29 is 4.79 Å². The molecule has 2 aromatic rings. The number of amides is 1. The molecule has 0 N–H and O–H groups in total. The lowest BCUT2D eigenvalue weighted by Gasteiger charge is -2.21. The van der Waals surface area contributed by atoms with Crippen molar-refractivity contribution in [2.75, 3.05) is 32.1 Å². The number of nitrogens with zero attached hydrogens (tertiary/aromatic N) is 3. The molecule has 1 heterocycles. The van der Waals surface area contributed by atoms with Crippen LogP contribution in [0.4, 0.5) is 5.13 Å². The number of hydrogen-bond donors (Lipinski definition) is 0. The number of rotatable bonds is 5. The van der Waals surface area contributed by atoms with Crippen LogP contribution in [0, 0.1) is 12.8 Å². The number of aromatic nitrogens is 1. The van der Waals surface area contributed by atoms with Crippen LogP contribution in [-0.4, -0.2) is 43.0 Å². The minimum absolute atomic E-state index is 0. The van der Waals surface area contributed by atoms with Gasteiger partial charge in [0.25, 0.3) is 0 Å². The molecule has 0 spiro atoms. The first-order valence-corrected chi connectivity index (χ1v) is 8.68. The van der Waals surface area contributed by atoms with E-state index in [1.807, 2.05) is 38.1 Å². The lowest BCUT2D eigenvalue weighted by Crippen LogP contribution is -2.37. The van der Waals surface area contributed by atoms with Gasteiger partial charge in [-0.1, -0.05) is 22.9 Å². The predicted molar refractivity (Wildman–Crippen MR) is 100 cm³/mol. The van der Waals surface area contributed by atoms with Crippen LogP contribution < -0.4 is 4.90 Å². The van der Waals surface area contributed by atoms with Crippen LogP contribution in [0.15, 0.2) is 12.1 Å². The fourth-order valence-electron chi connectivity index (χ4n) is 2.41. The lowest BCUT2D eigenvalue weighted by molar-refractivity contribution is -0.119. The van der Waals surface area contributed by atoms with Crippen molar-refractivity contribution in [1.29, 1.82) is 0 Å². The normalized spacial score (nSPS) is 14.1. The Morgan fingerprint density at radius 3 is 2.65 bits per heavy atom. The van der Waals surface area contributed by atoms with Crippen LogP contribution in [-0.2, 0) is 4.79 Å². The first-order valence-electron chi connectivity index (χ1n) is 7.48. The van der Waals surface area contributed by atoms with Gasteiger partial charge in [-0.2, -0.15) is 0 Å². The number of hydrogen-bond acceptors (Lipinski definition) is 4. The molecule has 1 aliphatic rings. The molecule has 1 saturated carbocycles. The van der Waals surface area contributed by atoms with Gasteiger partial charge in [0.15, 0.2) is 5.13 Å². The average molecular weight is 374 g/mol. The summed E-state index contributed by atoms with van der Waals surface area (Å²) in [4.78, 5) is 21.2. The Bertz CT molecular complexity index is 713. The number of likely N-dealkylation sites (N-methyl/N-ethyl adjacent to an activating group) is 1. The van der Waals surface area contributed by atoms with Crippen molar-refractivity contribution in [1.82, 2.24) is 9.88 Å². The standard InChI is InChI=1S/C16H20ClN3OS.ClH/c1-10-8-12(17)9-13-14(10)18-16(22-13)20(7-6-19(2)3)15(21)11-4-5-11;/h8-9,11H,4-7H2,1-3H3;1H. The maximum atomic E-state index is 12.6. The molecular formula is C16H21Cl2N3OS. The zero-order valence-electron chi connectivity index (χ0n) is 13.5. The highest BCUT2D eigenvalue weighted by Crippen LogP contribution is 2.37. The molecule has 126 valence electrons. The number of thiazole rings is 1. The second-order valence-electron chi connectivity index (χ2n) is 6.13. The van der Waals surface area contributed by atoms with Crippen LogP contribution in [0.3, 0.4) is 0 Å².